The van der Waals surface area contributed by atoms with E-state index in [0.29, 0.717) is 18.3 Å². The molecule has 124 valence electrons. The topological polar surface area (TPSA) is 53.9 Å². The molecule has 5 heteroatoms. The summed E-state index contributed by atoms with van der Waals surface area (Å²) in [6.45, 7) is 4.41. The molecule has 0 atom stereocenters. The molecule has 0 aliphatic carbocycles. The van der Waals surface area contributed by atoms with Gasteiger partial charge in [-0.3, -0.25) is 4.79 Å². The van der Waals surface area contributed by atoms with Gasteiger partial charge in [0.2, 0.25) is 0 Å². The molecule has 1 saturated heterocycles. The van der Waals surface area contributed by atoms with Crippen molar-refractivity contribution in [2.45, 2.75) is 32.2 Å². The first-order valence-electron chi connectivity index (χ1n) is 8.64. The van der Waals surface area contributed by atoms with Gasteiger partial charge in [0.1, 0.15) is 0 Å². The Bertz CT molecular complexity index is 903. The van der Waals surface area contributed by atoms with Gasteiger partial charge in [-0.25, -0.2) is 4.98 Å². The van der Waals surface area contributed by atoms with E-state index in [1.54, 1.807) is 17.0 Å². The number of aromatic nitrogens is 3. The SMILES string of the molecule is CCn1ccnc(N2CCC(c3c[nH]c4ccccc34)CC2)c1=O. The molecule has 1 aliphatic rings. The Hall–Kier alpha value is -2.56. The molecule has 0 unspecified atom stereocenters. The van der Waals surface area contributed by atoms with Crippen molar-refractivity contribution < 1.29 is 0 Å². The Morgan fingerprint density at radius 1 is 1.25 bits per heavy atom. The molecule has 0 spiro atoms. The van der Waals surface area contributed by atoms with Crippen LogP contribution in [0.15, 0.2) is 47.7 Å². The first-order valence-corrected chi connectivity index (χ1v) is 8.64. The Morgan fingerprint density at radius 3 is 2.83 bits per heavy atom. The molecule has 0 saturated carbocycles. The van der Waals surface area contributed by atoms with Gasteiger partial charge < -0.3 is 14.5 Å². The summed E-state index contributed by atoms with van der Waals surface area (Å²) in [5, 5.41) is 1.32. The number of nitrogens with zero attached hydrogens (tertiary/aromatic N) is 3. The first-order chi connectivity index (χ1) is 11.8. The summed E-state index contributed by atoms with van der Waals surface area (Å²) in [6, 6.07) is 8.46. The lowest BCUT2D eigenvalue weighted by Crippen LogP contribution is -2.38. The van der Waals surface area contributed by atoms with Crippen molar-refractivity contribution in [1.82, 2.24) is 14.5 Å². The Balaban J connectivity index is 1.54. The van der Waals surface area contributed by atoms with E-state index in [1.807, 2.05) is 6.92 Å². The van der Waals surface area contributed by atoms with Crippen LogP contribution in [-0.2, 0) is 6.54 Å². The lowest BCUT2D eigenvalue weighted by atomic mass is 9.89. The van der Waals surface area contributed by atoms with Gasteiger partial charge in [0.05, 0.1) is 0 Å². The van der Waals surface area contributed by atoms with Crippen LogP contribution in [0.1, 0.15) is 31.2 Å². The van der Waals surface area contributed by atoms with Crippen LogP contribution in [0.4, 0.5) is 5.82 Å². The number of rotatable bonds is 3. The smallest absolute Gasteiger partial charge is 0.293 e. The molecule has 2 aromatic heterocycles. The second-order valence-corrected chi connectivity index (χ2v) is 6.39. The molecular formula is C19H22N4O. The summed E-state index contributed by atoms with van der Waals surface area (Å²) >= 11 is 0. The van der Waals surface area contributed by atoms with Gasteiger partial charge in [0, 0.05) is 49.1 Å². The fourth-order valence-electron chi connectivity index (χ4n) is 3.74. The van der Waals surface area contributed by atoms with E-state index in [2.05, 4.69) is 45.3 Å². The number of H-pyrrole nitrogens is 1. The fraction of sp³-hybridized carbons (Fsp3) is 0.368. The number of para-hydroxylation sites is 1. The summed E-state index contributed by atoms with van der Waals surface area (Å²) in [4.78, 5) is 22.3. The van der Waals surface area contributed by atoms with Crippen LogP contribution in [0.3, 0.4) is 0 Å². The highest BCUT2D eigenvalue weighted by Gasteiger charge is 2.24. The Morgan fingerprint density at radius 2 is 2.04 bits per heavy atom. The number of nitrogens with one attached hydrogen (secondary N) is 1. The van der Waals surface area contributed by atoms with E-state index >= 15 is 0 Å². The normalized spacial score (nSPS) is 16.0. The van der Waals surface area contributed by atoms with E-state index < -0.39 is 0 Å². The van der Waals surface area contributed by atoms with Gasteiger partial charge in [0.15, 0.2) is 5.82 Å². The summed E-state index contributed by atoms with van der Waals surface area (Å²) in [7, 11) is 0. The second-order valence-electron chi connectivity index (χ2n) is 6.39. The van der Waals surface area contributed by atoms with E-state index in [9.17, 15) is 4.79 Å². The molecular weight excluding hydrogens is 300 g/mol. The van der Waals surface area contributed by atoms with Crippen molar-refractivity contribution >= 4 is 16.7 Å². The zero-order chi connectivity index (χ0) is 16.5. The lowest BCUT2D eigenvalue weighted by molar-refractivity contribution is 0.502. The molecule has 24 heavy (non-hydrogen) atoms. The van der Waals surface area contributed by atoms with E-state index in [0.717, 1.165) is 25.9 Å². The van der Waals surface area contributed by atoms with Gasteiger partial charge in [-0.2, -0.15) is 0 Å². The number of fused-ring (bicyclic) bond motifs is 1. The zero-order valence-electron chi connectivity index (χ0n) is 13.9. The molecule has 4 rings (SSSR count). The maximum atomic E-state index is 12.4. The van der Waals surface area contributed by atoms with Crippen molar-refractivity contribution in [3.05, 3.63) is 58.8 Å². The van der Waals surface area contributed by atoms with Gasteiger partial charge in [-0.1, -0.05) is 18.2 Å². The minimum Gasteiger partial charge on any atom is -0.361 e. The zero-order valence-corrected chi connectivity index (χ0v) is 13.9. The molecule has 3 heterocycles. The number of anilines is 1. The van der Waals surface area contributed by atoms with Gasteiger partial charge in [0.25, 0.3) is 5.56 Å². The van der Waals surface area contributed by atoms with E-state index in [-0.39, 0.29) is 5.56 Å². The van der Waals surface area contributed by atoms with Crippen molar-refractivity contribution in [3.63, 3.8) is 0 Å². The Labute approximate surface area is 140 Å². The van der Waals surface area contributed by atoms with Crippen LogP contribution >= 0.6 is 0 Å². The van der Waals surface area contributed by atoms with Crippen molar-refractivity contribution in [1.29, 1.82) is 0 Å². The Kier molecular flexibility index (Phi) is 3.84. The van der Waals surface area contributed by atoms with Crippen LogP contribution in [-0.4, -0.2) is 27.6 Å². The number of aromatic amines is 1. The largest absolute Gasteiger partial charge is 0.361 e. The van der Waals surface area contributed by atoms with Crippen LogP contribution in [0.5, 0.6) is 0 Å². The summed E-state index contributed by atoms with van der Waals surface area (Å²) in [5.41, 5.74) is 2.62. The lowest BCUT2D eigenvalue weighted by Gasteiger charge is -2.32. The highest BCUT2D eigenvalue weighted by atomic mass is 16.1. The molecule has 1 fully saturated rings. The number of hydrogen-bond acceptors (Lipinski definition) is 3. The maximum absolute atomic E-state index is 12.4. The predicted molar refractivity (Wildman–Crippen MR) is 96.7 cm³/mol. The molecule has 0 bridgehead atoms. The number of hydrogen-bond donors (Lipinski definition) is 1. The van der Waals surface area contributed by atoms with Crippen molar-refractivity contribution in [3.8, 4) is 0 Å². The molecule has 3 aromatic rings. The van der Waals surface area contributed by atoms with Gasteiger partial charge in [-0.15, -0.1) is 0 Å². The van der Waals surface area contributed by atoms with E-state index in [1.165, 1.54) is 16.5 Å². The summed E-state index contributed by atoms with van der Waals surface area (Å²) in [5.74, 6) is 1.13. The molecule has 1 aliphatic heterocycles. The van der Waals surface area contributed by atoms with Crippen LogP contribution in [0.2, 0.25) is 0 Å². The van der Waals surface area contributed by atoms with E-state index in [4.69, 9.17) is 0 Å². The summed E-state index contributed by atoms with van der Waals surface area (Å²) in [6.07, 6.45) is 7.72. The third-order valence-electron chi connectivity index (χ3n) is 5.09. The first kappa shape index (κ1) is 15.0. The predicted octanol–water partition coefficient (Wildman–Crippen LogP) is 3.13. The third kappa shape index (κ3) is 2.50. The average molecular weight is 322 g/mol. The molecule has 0 radical (unpaired) electrons. The number of aryl methyl sites for hydroxylation is 1. The maximum Gasteiger partial charge on any atom is 0.293 e. The van der Waals surface area contributed by atoms with Gasteiger partial charge >= 0.3 is 0 Å². The van der Waals surface area contributed by atoms with Crippen molar-refractivity contribution in [2.75, 3.05) is 18.0 Å². The number of benzene rings is 1. The molecule has 5 nitrogen and oxygen atoms in total. The molecule has 1 N–H and O–H groups in total. The monoisotopic (exact) mass is 322 g/mol. The second kappa shape index (κ2) is 6.15. The highest BCUT2D eigenvalue weighted by Crippen LogP contribution is 2.33. The summed E-state index contributed by atoms with van der Waals surface area (Å²) < 4.78 is 1.72. The standard InChI is InChI=1S/C19H22N4O/c1-2-22-12-9-20-18(19(22)24)23-10-7-14(8-11-23)16-13-21-17-6-4-3-5-15(16)17/h3-6,9,12-14,21H,2,7-8,10-11H2,1H3. The molecule has 1 aromatic carbocycles. The van der Waals surface area contributed by atoms with Crippen LogP contribution < -0.4 is 10.5 Å². The number of piperidine rings is 1. The quantitative estimate of drug-likeness (QED) is 0.806. The molecule has 0 amide bonds. The van der Waals surface area contributed by atoms with Crippen LogP contribution in [0, 0.1) is 0 Å². The van der Waals surface area contributed by atoms with Crippen LogP contribution in [0.25, 0.3) is 10.9 Å². The minimum absolute atomic E-state index is 0.0190. The minimum atomic E-state index is 0.0190. The van der Waals surface area contributed by atoms with Gasteiger partial charge in [-0.05, 0) is 37.3 Å². The third-order valence-corrected chi connectivity index (χ3v) is 5.09. The fourth-order valence-corrected chi connectivity index (χ4v) is 3.74. The van der Waals surface area contributed by atoms with Crippen molar-refractivity contribution in [2.24, 2.45) is 0 Å². The average Bonchev–Trinajstić information content (AvgIpc) is 3.06. The highest BCUT2D eigenvalue weighted by molar-refractivity contribution is 5.83.